The van der Waals surface area contributed by atoms with Crippen LogP contribution in [0.4, 0.5) is 5.69 Å². The molecule has 1 N–H and O–H groups in total. The largest absolute Gasteiger partial charge is 0.494 e. The van der Waals surface area contributed by atoms with E-state index in [9.17, 15) is 13.2 Å². The number of nitrogens with zero attached hydrogens (tertiary/aromatic N) is 1. The molecule has 0 aromatic heterocycles. The molecule has 0 bridgehead atoms. The molecule has 0 fully saturated rings. The van der Waals surface area contributed by atoms with Gasteiger partial charge in [-0.1, -0.05) is 24.3 Å². The normalized spacial score (nSPS) is 11.1. The topological polar surface area (TPSA) is 94.2 Å². The number of rotatable bonds is 13. The molecule has 0 saturated heterocycles. The summed E-state index contributed by atoms with van der Waals surface area (Å²) in [5.74, 6) is 1.13. The highest BCUT2D eigenvalue weighted by Crippen LogP contribution is 2.32. The summed E-state index contributed by atoms with van der Waals surface area (Å²) < 4.78 is 45.0. The molecule has 0 aliphatic rings. The molecule has 8 nitrogen and oxygen atoms in total. The number of hydrogen-bond acceptors (Lipinski definition) is 6. The van der Waals surface area contributed by atoms with Crippen LogP contribution >= 0.6 is 0 Å². The van der Waals surface area contributed by atoms with Gasteiger partial charge >= 0.3 is 0 Å². The Bertz CT molecular complexity index is 1340. The van der Waals surface area contributed by atoms with Gasteiger partial charge in [0.15, 0.2) is 11.5 Å². The van der Waals surface area contributed by atoms with Crippen molar-refractivity contribution >= 4 is 21.6 Å². The fourth-order valence-electron chi connectivity index (χ4n) is 4.21. The number of aryl methyl sites for hydroxylation is 3. The second kappa shape index (κ2) is 13.2. The van der Waals surface area contributed by atoms with Gasteiger partial charge in [0.1, 0.15) is 12.3 Å². The molecule has 0 saturated carbocycles. The summed E-state index contributed by atoms with van der Waals surface area (Å²) in [7, 11) is -1.18. The van der Waals surface area contributed by atoms with Crippen LogP contribution in [-0.2, 0) is 21.2 Å². The third kappa shape index (κ3) is 7.19. The van der Waals surface area contributed by atoms with E-state index < -0.39 is 15.9 Å². The molecule has 3 aromatic rings. The maximum atomic E-state index is 13.8. The van der Waals surface area contributed by atoms with Gasteiger partial charge in [0.2, 0.25) is 5.91 Å². The van der Waals surface area contributed by atoms with Crippen molar-refractivity contribution in [1.29, 1.82) is 0 Å². The summed E-state index contributed by atoms with van der Waals surface area (Å²) in [4.78, 5) is 13.0. The zero-order valence-electron chi connectivity index (χ0n) is 22.6. The van der Waals surface area contributed by atoms with Gasteiger partial charge in [-0.2, -0.15) is 0 Å². The lowest BCUT2D eigenvalue weighted by molar-refractivity contribution is -0.119. The van der Waals surface area contributed by atoms with Crippen LogP contribution in [0.25, 0.3) is 0 Å². The minimum atomic E-state index is -4.11. The summed E-state index contributed by atoms with van der Waals surface area (Å²) in [6.07, 6.45) is 1.41. The number of carbonyl (C=O) groups is 1. The highest BCUT2D eigenvalue weighted by Gasteiger charge is 2.28. The maximum Gasteiger partial charge on any atom is 0.264 e. The van der Waals surface area contributed by atoms with E-state index in [-0.39, 0.29) is 17.2 Å². The predicted octanol–water partition coefficient (Wildman–Crippen LogP) is 4.66. The highest BCUT2D eigenvalue weighted by atomic mass is 32.2. The second-order valence-electron chi connectivity index (χ2n) is 8.87. The molecule has 0 atom stereocenters. The molecule has 3 aromatic carbocycles. The predicted molar refractivity (Wildman–Crippen MR) is 149 cm³/mol. The Morgan fingerprint density at radius 2 is 1.58 bits per heavy atom. The van der Waals surface area contributed by atoms with Crippen molar-refractivity contribution in [1.82, 2.24) is 5.32 Å². The Hall–Kier alpha value is -3.72. The molecule has 38 heavy (non-hydrogen) atoms. The van der Waals surface area contributed by atoms with Crippen LogP contribution in [0.2, 0.25) is 0 Å². The lowest BCUT2D eigenvalue weighted by Crippen LogP contribution is -2.41. The zero-order valence-corrected chi connectivity index (χ0v) is 23.4. The van der Waals surface area contributed by atoms with E-state index in [1.54, 1.807) is 12.1 Å². The molecule has 0 unspecified atom stereocenters. The Kier molecular flexibility index (Phi) is 10.0. The molecule has 0 radical (unpaired) electrons. The van der Waals surface area contributed by atoms with Gasteiger partial charge in [-0.05, 0) is 80.6 Å². The van der Waals surface area contributed by atoms with Crippen molar-refractivity contribution in [2.75, 3.05) is 38.2 Å². The summed E-state index contributed by atoms with van der Waals surface area (Å²) >= 11 is 0. The van der Waals surface area contributed by atoms with Crippen LogP contribution in [0, 0.1) is 13.8 Å². The molecule has 204 valence electrons. The molecule has 0 aliphatic heterocycles. The molecule has 0 heterocycles. The quantitative estimate of drug-likeness (QED) is 0.317. The van der Waals surface area contributed by atoms with Crippen LogP contribution in [0.1, 0.15) is 30.0 Å². The number of carbonyl (C=O) groups excluding carboxylic acids is 1. The first-order valence-corrected chi connectivity index (χ1v) is 13.9. The highest BCUT2D eigenvalue weighted by molar-refractivity contribution is 7.92. The molecule has 3 rings (SSSR count). The van der Waals surface area contributed by atoms with Gasteiger partial charge in [-0.3, -0.25) is 9.10 Å². The molecule has 0 aliphatic carbocycles. The number of amides is 1. The van der Waals surface area contributed by atoms with Gasteiger partial charge < -0.3 is 19.5 Å². The zero-order chi connectivity index (χ0) is 27.7. The van der Waals surface area contributed by atoms with E-state index in [0.717, 1.165) is 33.2 Å². The van der Waals surface area contributed by atoms with Crippen molar-refractivity contribution in [3.05, 3.63) is 77.4 Å². The minimum Gasteiger partial charge on any atom is -0.494 e. The van der Waals surface area contributed by atoms with Crippen LogP contribution < -0.4 is 23.8 Å². The summed E-state index contributed by atoms with van der Waals surface area (Å²) in [5.41, 5.74) is 3.26. The smallest absolute Gasteiger partial charge is 0.264 e. The molecule has 9 heteroatoms. The van der Waals surface area contributed by atoms with Gasteiger partial charge in [-0.15, -0.1) is 0 Å². The number of hydrogen-bond donors (Lipinski definition) is 1. The van der Waals surface area contributed by atoms with E-state index in [1.165, 1.54) is 32.4 Å². The van der Waals surface area contributed by atoms with E-state index in [1.807, 2.05) is 51.1 Å². The number of nitrogens with one attached hydrogen (secondary N) is 1. The van der Waals surface area contributed by atoms with Crippen molar-refractivity contribution < 1.29 is 27.4 Å². The van der Waals surface area contributed by atoms with Crippen molar-refractivity contribution in [3.63, 3.8) is 0 Å². The monoisotopic (exact) mass is 540 g/mol. The standard InChI is InChI=1S/C29H36N2O6S/c1-6-37-26-12-8-7-10-23(26)11-9-15-30-29(32)20-31(24-17-21(2)16-22(3)18-24)38(33,34)25-13-14-27(35-4)28(19-25)36-5/h7-8,10,12-14,16-19H,6,9,11,15,20H2,1-5H3,(H,30,32). The number of anilines is 1. The first-order chi connectivity index (χ1) is 18.2. The van der Waals surface area contributed by atoms with Crippen LogP contribution in [0.3, 0.4) is 0 Å². The maximum absolute atomic E-state index is 13.8. The minimum absolute atomic E-state index is 0.00496. The van der Waals surface area contributed by atoms with E-state index in [4.69, 9.17) is 14.2 Å². The Labute approximate surface area is 225 Å². The van der Waals surface area contributed by atoms with Crippen molar-refractivity contribution in [2.45, 2.75) is 38.5 Å². The third-order valence-corrected chi connectivity index (χ3v) is 7.71. The number of methoxy groups -OCH3 is 2. The molecule has 0 spiro atoms. The van der Waals surface area contributed by atoms with Gasteiger partial charge in [-0.25, -0.2) is 8.42 Å². The van der Waals surface area contributed by atoms with Gasteiger partial charge in [0.25, 0.3) is 10.0 Å². The lowest BCUT2D eigenvalue weighted by Gasteiger charge is -2.25. The number of benzene rings is 3. The summed E-state index contributed by atoms with van der Waals surface area (Å²) in [6.45, 7) is 6.33. The fourth-order valence-corrected chi connectivity index (χ4v) is 5.63. The first-order valence-electron chi connectivity index (χ1n) is 12.5. The van der Waals surface area contributed by atoms with E-state index >= 15 is 0 Å². The fraction of sp³-hybridized carbons (Fsp3) is 0.345. The van der Waals surface area contributed by atoms with Gasteiger partial charge in [0.05, 0.1) is 31.4 Å². The average Bonchev–Trinajstić information content (AvgIpc) is 2.89. The van der Waals surface area contributed by atoms with Crippen molar-refractivity contribution in [2.24, 2.45) is 0 Å². The van der Waals surface area contributed by atoms with Crippen LogP contribution in [-0.4, -0.2) is 48.2 Å². The molecular formula is C29H36N2O6S. The number of para-hydroxylation sites is 1. The van der Waals surface area contributed by atoms with Crippen LogP contribution in [0.5, 0.6) is 17.2 Å². The van der Waals surface area contributed by atoms with E-state index in [0.29, 0.717) is 31.0 Å². The van der Waals surface area contributed by atoms with Gasteiger partial charge in [0, 0.05) is 12.6 Å². The lowest BCUT2D eigenvalue weighted by atomic mass is 10.1. The second-order valence-corrected chi connectivity index (χ2v) is 10.7. The van der Waals surface area contributed by atoms with Crippen LogP contribution in [0.15, 0.2) is 65.6 Å². The number of sulfonamides is 1. The summed E-state index contributed by atoms with van der Waals surface area (Å²) in [5, 5.41) is 2.87. The Balaban J connectivity index is 1.79. The first kappa shape index (κ1) is 28.8. The molecular weight excluding hydrogens is 504 g/mol. The average molecular weight is 541 g/mol. The SMILES string of the molecule is CCOc1ccccc1CCCNC(=O)CN(c1cc(C)cc(C)c1)S(=O)(=O)c1ccc(OC)c(OC)c1. The summed E-state index contributed by atoms with van der Waals surface area (Å²) in [6, 6.07) is 17.6. The van der Waals surface area contributed by atoms with E-state index in [2.05, 4.69) is 5.32 Å². The Morgan fingerprint density at radius 3 is 2.24 bits per heavy atom. The Morgan fingerprint density at radius 1 is 0.895 bits per heavy atom. The third-order valence-electron chi connectivity index (χ3n) is 5.94. The molecule has 1 amide bonds. The number of ether oxygens (including phenoxy) is 3. The van der Waals surface area contributed by atoms with Crippen molar-refractivity contribution in [3.8, 4) is 17.2 Å².